The maximum Gasteiger partial charge on any atom is 0.408 e. The van der Waals surface area contributed by atoms with Gasteiger partial charge in [-0.3, -0.25) is 4.79 Å². The average Bonchev–Trinajstić information content (AvgIpc) is 3.70. The van der Waals surface area contributed by atoms with Gasteiger partial charge in [0.15, 0.2) is 0 Å². The number of carbonyl (C=O) groups is 2. The van der Waals surface area contributed by atoms with Crippen LogP contribution >= 0.6 is 0 Å². The number of carbonyl (C=O) groups excluding carboxylic acids is 2. The lowest BCUT2D eigenvalue weighted by molar-refractivity contribution is -0.125. The van der Waals surface area contributed by atoms with Crippen molar-refractivity contribution in [2.24, 2.45) is 5.92 Å². The van der Waals surface area contributed by atoms with Gasteiger partial charge in [-0.25, -0.2) is 13.2 Å². The van der Waals surface area contributed by atoms with Crippen molar-refractivity contribution in [1.82, 2.24) is 14.9 Å². The molecule has 5 N–H and O–H groups in total. The first-order valence-corrected chi connectivity index (χ1v) is 17.4. The number of rotatable bonds is 16. The molecule has 2 aromatic carbocycles. The molecule has 0 spiro atoms. The zero-order chi connectivity index (χ0) is 33.4. The summed E-state index contributed by atoms with van der Waals surface area (Å²) >= 11 is 0. The number of alkyl carbamates (subject to hydrolysis) is 1. The summed E-state index contributed by atoms with van der Waals surface area (Å²) in [4.78, 5) is 26.7. The van der Waals surface area contributed by atoms with Gasteiger partial charge in [-0.1, -0.05) is 51.1 Å². The lowest BCUT2D eigenvalue weighted by atomic mass is 10.0. The van der Waals surface area contributed by atoms with Crippen LogP contribution in [0.4, 0.5) is 10.5 Å². The Morgan fingerprint density at radius 3 is 2.27 bits per heavy atom. The first-order chi connectivity index (χ1) is 21.1. The molecule has 1 aliphatic carbocycles. The quantitative estimate of drug-likeness (QED) is 0.184. The zero-order valence-electron chi connectivity index (χ0n) is 27.6. The van der Waals surface area contributed by atoms with Crippen LogP contribution in [-0.2, 0) is 19.6 Å². The first-order valence-electron chi connectivity index (χ1n) is 16.0. The van der Waals surface area contributed by atoms with E-state index in [1.165, 1.54) is 16.4 Å². The number of hydrogen-bond donors (Lipinski definition) is 4. The summed E-state index contributed by atoms with van der Waals surface area (Å²) in [6, 6.07) is 14.9. The van der Waals surface area contributed by atoms with E-state index in [-0.39, 0.29) is 41.8 Å². The van der Waals surface area contributed by atoms with Crippen molar-refractivity contribution in [2.75, 3.05) is 18.9 Å². The molecule has 1 fully saturated rings. The van der Waals surface area contributed by atoms with E-state index < -0.39 is 33.3 Å². The Bertz CT molecular complexity index is 1360. The molecule has 45 heavy (non-hydrogen) atoms. The van der Waals surface area contributed by atoms with Crippen LogP contribution < -0.4 is 16.4 Å². The molecule has 3 rings (SSSR count). The van der Waals surface area contributed by atoms with E-state index in [1.54, 1.807) is 32.9 Å². The molecule has 1 saturated carbocycles. The van der Waals surface area contributed by atoms with E-state index in [2.05, 4.69) is 10.6 Å². The molecule has 0 aromatic heterocycles. The van der Waals surface area contributed by atoms with Gasteiger partial charge in [0.25, 0.3) is 0 Å². The van der Waals surface area contributed by atoms with E-state index in [1.807, 2.05) is 51.1 Å². The Morgan fingerprint density at radius 1 is 1.07 bits per heavy atom. The zero-order valence-corrected chi connectivity index (χ0v) is 28.4. The van der Waals surface area contributed by atoms with Crippen LogP contribution in [0.25, 0.3) is 0 Å². The monoisotopic (exact) mass is 644 g/mol. The number of anilines is 1. The van der Waals surface area contributed by atoms with E-state index in [0.717, 1.165) is 5.56 Å². The summed E-state index contributed by atoms with van der Waals surface area (Å²) < 4.78 is 34.2. The first kappa shape index (κ1) is 36.3. The van der Waals surface area contributed by atoms with Gasteiger partial charge in [0.1, 0.15) is 11.1 Å². The van der Waals surface area contributed by atoms with E-state index in [9.17, 15) is 23.1 Å². The van der Waals surface area contributed by atoms with Gasteiger partial charge >= 0.3 is 6.09 Å². The van der Waals surface area contributed by atoms with Crippen molar-refractivity contribution in [3.8, 4) is 0 Å². The smallest absolute Gasteiger partial charge is 0.408 e. The maximum absolute atomic E-state index is 13.8. The number of aliphatic hydroxyl groups is 1. The summed E-state index contributed by atoms with van der Waals surface area (Å²) in [7, 11) is -3.87. The molecule has 11 heteroatoms. The number of hydrogen-bond acceptors (Lipinski definition) is 7. The van der Waals surface area contributed by atoms with Crippen LogP contribution in [0.5, 0.6) is 0 Å². The van der Waals surface area contributed by atoms with E-state index in [0.29, 0.717) is 44.2 Å². The lowest BCUT2D eigenvalue weighted by Crippen LogP contribution is -2.53. The number of aliphatic hydroxyl groups excluding tert-OH is 1. The molecule has 2 amide bonds. The third kappa shape index (κ3) is 9.92. The number of nitrogens with zero attached hydrogens (tertiary/aromatic N) is 1. The molecule has 1 unspecified atom stereocenters. The van der Waals surface area contributed by atoms with Crippen molar-refractivity contribution in [2.45, 2.75) is 114 Å². The fourth-order valence-electron chi connectivity index (χ4n) is 5.56. The second kappa shape index (κ2) is 15.4. The molecule has 0 radical (unpaired) electrons. The number of sulfonamides is 1. The maximum atomic E-state index is 13.8. The fraction of sp³-hybridized carbons (Fsp3) is 0.588. The summed E-state index contributed by atoms with van der Waals surface area (Å²) in [5.41, 5.74) is 5.39. The van der Waals surface area contributed by atoms with Crippen LogP contribution in [0.2, 0.25) is 0 Å². The third-order valence-corrected chi connectivity index (χ3v) is 10.2. The van der Waals surface area contributed by atoms with Crippen molar-refractivity contribution < 1.29 is 27.9 Å². The lowest BCUT2D eigenvalue weighted by Gasteiger charge is -2.31. The molecule has 0 aliphatic heterocycles. The van der Waals surface area contributed by atoms with Crippen molar-refractivity contribution in [3.63, 3.8) is 0 Å². The average molecular weight is 645 g/mol. The van der Waals surface area contributed by atoms with Gasteiger partial charge in [0.2, 0.25) is 15.9 Å². The predicted molar refractivity (Wildman–Crippen MR) is 177 cm³/mol. The minimum atomic E-state index is -3.87. The molecule has 250 valence electrons. The van der Waals surface area contributed by atoms with Crippen molar-refractivity contribution in [3.05, 3.63) is 60.2 Å². The Kier molecular flexibility index (Phi) is 12.4. The molecular formula is C34H52N4O6S. The normalized spacial score (nSPS) is 19.6. The van der Waals surface area contributed by atoms with Crippen LogP contribution in [0.1, 0.15) is 91.5 Å². The van der Waals surface area contributed by atoms with Crippen LogP contribution in [0.15, 0.2) is 59.5 Å². The SMILES string of the molecule is CC[C@@H](CCC[C@@H](CO)N(CCC(C)C)S(=O)(=O)c1ccc(N)cc1)NC(=O)C1(NC(=O)OC(C)(C)C)C[C@@H]1c1ccccc1. The standard InChI is InChI=1S/C34H52N4O6S/c1-7-27(36-31(40)34(37-32(41)44-33(4,5)6)22-30(34)25-12-9-8-10-13-25)14-11-15-28(23-39)38(21-20-24(2)3)45(42,43)29-18-16-26(35)17-19-29/h8-10,12-13,16-19,24,27-28,30,39H,7,11,14-15,20-23,35H2,1-6H3,(H,36,40)(H,37,41)/t27-,28-,30+,34?/m0/s1. The Morgan fingerprint density at radius 2 is 1.71 bits per heavy atom. The fourth-order valence-corrected chi connectivity index (χ4v) is 7.22. The van der Waals surface area contributed by atoms with Crippen molar-refractivity contribution >= 4 is 27.7 Å². The van der Waals surface area contributed by atoms with E-state index in [4.69, 9.17) is 10.5 Å². The van der Waals surface area contributed by atoms with Crippen LogP contribution in [0.3, 0.4) is 0 Å². The number of nitrogens with two attached hydrogens (primary N) is 1. The highest BCUT2D eigenvalue weighted by Gasteiger charge is 2.62. The minimum Gasteiger partial charge on any atom is -0.444 e. The highest BCUT2D eigenvalue weighted by molar-refractivity contribution is 7.89. The Balaban J connectivity index is 1.71. The van der Waals surface area contributed by atoms with Crippen LogP contribution in [-0.4, -0.2) is 66.2 Å². The molecule has 0 bridgehead atoms. The van der Waals surface area contributed by atoms with Crippen LogP contribution in [0, 0.1) is 5.92 Å². The molecule has 4 atom stereocenters. The Hall–Kier alpha value is -3.15. The number of nitrogen functional groups attached to an aromatic ring is 1. The number of amides is 2. The van der Waals surface area contributed by atoms with Gasteiger partial charge in [-0.2, -0.15) is 4.31 Å². The van der Waals surface area contributed by atoms with Gasteiger partial charge in [0, 0.05) is 30.2 Å². The Labute approximate surface area is 269 Å². The van der Waals surface area contributed by atoms with E-state index >= 15 is 0 Å². The predicted octanol–water partition coefficient (Wildman–Crippen LogP) is 5.18. The topological polar surface area (TPSA) is 151 Å². The number of nitrogens with one attached hydrogen (secondary N) is 2. The molecule has 2 aromatic rings. The molecule has 0 saturated heterocycles. The number of benzene rings is 2. The van der Waals surface area contributed by atoms with Crippen molar-refractivity contribution in [1.29, 1.82) is 0 Å². The molecule has 0 heterocycles. The summed E-state index contributed by atoms with van der Waals surface area (Å²) in [5, 5.41) is 16.4. The summed E-state index contributed by atoms with van der Waals surface area (Å²) in [6.07, 6.45) is 2.69. The largest absolute Gasteiger partial charge is 0.444 e. The molecule has 10 nitrogen and oxygen atoms in total. The third-order valence-electron chi connectivity index (χ3n) is 8.24. The second-order valence-electron chi connectivity index (χ2n) is 13.5. The van der Waals surface area contributed by atoms with Gasteiger partial charge in [0.05, 0.1) is 11.5 Å². The summed E-state index contributed by atoms with van der Waals surface area (Å²) in [6.45, 7) is 11.3. The van der Waals surface area contributed by atoms with Gasteiger partial charge in [-0.15, -0.1) is 0 Å². The molecule has 1 aliphatic rings. The highest BCUT2D eigenvalue weighted by atomic mass is 32.2. The summed E-state index contributed by atoms with van der Waals surface area (Å²) in [5.74, 6) is -0.176. The van der Waals surface area contributed by atoms with Gasteiger partial charge in [-0.05, 0) is 95.0 Å². The highest BCUT2D eigenvalue weighted by Crippen LogP contribution is 2.52. The second-order valence-corrected chi connectivity index (χ2v) is 15.4. The minimum absolute atomic E-state index is 0.137. The molecular weight excluding hydrogens is 592 g/mol. The van der Waals surface area contributed by atoms with Gasteiger partial charge < -0.3 is 26.2 Å². The number of ether oxygens (including phenoxy) is 1.